The summed E-state index contributed by atoms with van der Waals surface area (Å²) in [4.78, 5) is 14.5. The Labute approximate surface area is 247 Å². The molecule has 0 heterocycles. The molecular weight excluding hydrogens is 558 g/mol. The monoisotopic (exact) mass is 591 g/mol. The number of nitrogens with zero attached hydrogens (tertiary/aromatic N) is 1. The van der Waals surface area contributed by atoms with Crippen LogP contribution < -0.4 is 0 Å². The number of aliphatic hydroxyl groups is 1. The van der Waals surface area contributed by atoms with Gasteiger partial charge in [0.2, 0.25) is 9.84 Å². The van der Waals surface area contributed by atoms with E-state index in [0.717, 1.165) is 36.1 Å². The van der Waals surface area contributed by atoms with Crippen molar-refractivity contribution in [1.29, 1.82) is 0 Å². The van der Waals surface area contributed by atoms with Crippen LogP contribution in [-0.4, -0.2) is 44.1 Å². The van der Waals surface area contributed by atoms with Gasteiger partial charge in [-0.1, -0.05) is 72.3 Å². The van der Waals surface area contributed by atoms with E-state index in [1.54, 1.807) is 31.2 Å². The Morgan fingerprint density at radius 2 is 1.61 bits per heavy atom. The number of aryl methyl sites for hydroxylation is 1. The van der Waals surface area contributed by atoms with Crippen molar-refractivity contribution in [3.63, 3.8) is 0 Å². The molecule has 4 rings (SSSR count). The number of benzene rings is 4. The minimum atomic E-state index is -3.79. The molecule has 0 bridgehead atoms. The molecule has 41 heavy (non-hydrogen) atoms. The summed E-state index contributed by atoms with van der Waals surface area (Å²) >= 11 is 6.13. The maximum absolute atomic E-state index is 13.2. The Kier molecular flexibility index (Phi) is 10.7. The highest BCUT2D eigenvalue weighted by molar-refractivity contribution is 7.91. The number of carbonyl (C=O) groups is 1. The van der Waals surface area contributed by atoms with Crippen LogP contribution in [0.3, 0.4) is 0 Å². The minimum Gasteiger partial charge on any atom is -0.462 e. The number of hydrogen-bond donors (Lipinski definition) is 1. The second-order valence-electron chi connectivity index (χ2n) is 9.79. The molecule has 4 aromatic rings. The Balaban J connectivity index is 1.40. The average Bonchev–Trinajstić information content (AvgIpc) is 2.98. The number of halogens is 1. The number of sulfone groups is 1. The number of carbonyl (C=O) groups excluding carboxylic acids is 1. The van der Waals surface area contributed by atoms with E-state index in [1.165, 1.54) is 24.3 Å². The topological polar surface area (TPSA) is 83.9 Å². The van der Waals surface area contributed by atoms with Gasteiger partial charge in [0.15, 0.2) is 0 Å². The summed E-state index contributed by atoms with van der Waals surface area (Å²) in [5.41, 5.74) is 3.15. The van der Waals surface area contributed by atoms with E-state index in [2.05, 4.69) is 17.0 Å². The average molecular weight is 592 g/mol. The zero-order chi connectivity index (χ0) is 29.2. The van der Waals surface area contributed by atoms with Crippen LogP contribution in [0.2, 0.25) is 5.02 Å². The van der Waals surface area contributed by atoms with Gasteiger partial charge in [0.1, 0.15) is 0 Å². The van der Waals surface area contributed by atoms with Crippen molar-refractivity contribution in [2.24, 2.45) is 0 Å². The molecule has 0 saturated carbocycles. The number of hydrogen-bond acceptors (Lipinski definition) is 6. The molecule has 0 aromatic heterocycles. The summed E-state index contributed by atoms with van der Waals surface area (Å²) < 4.78 is 31.4. The van der Waals surface area contributed by atoms with E-state index in [-0.39, 0.29) is 22.0 Å². The summed E-state index contributed by atoms with van der Waals surface area (Å²) in [7, 11) is -3.79. The summed E-state index contributed by atoms with van der Waals surface area (Å²) in [6, 6.07) is 30.2. The van der Waals surface area contributed by atoms with Crippen LogP contribution in [-0.2, 0) is 27.5 Å². The van der Waals surface area contributed by atoms with Crippen LogP contribution in [0.15, 0.2) is 113 Å². The Morgan fingerprint density at radius 3 is 2.32 bits per heavy atom. The largest absolute Gasteiger partial charge is 0.462 e. The first-order valence-electron chi connectivity index (χ1n) is 13.6. The molecule has 1 N–H and O–H groups in total. The van der Waals surface area contributed by atoms with E-state index in [0.29, 0.717) is 18.1 Å². The first-order chi connectivity index (χ1) is 19.8. The third kappa shape index (κ3) is 8.50. The van der Waals surface area contributed by atoms with Crippen molar-refractivity contribution < 1.29 is 23.1 Å². The number of aliphatic hydroxyl groups excluding tert-OH is 1. The second kappa shape index (κ2) is 14.4. The molecule has 0 fully saturated rings. The number of rotatable bonds is 13. The zero-order valence-electron chi connectivity index (χ0n) is 22.9. The molecule has 214 valence electrons. The first-order valence-corrected chi connectivity index (χ1v) is 15.4. The van der Waals surface area contributed by atoms with Crippen molar-refractivity contribution in [3.05, 3.63) is 130 Å². The first kappa shape index (κ1) is 30.5. The standard InChI is InChI=1S/C33H34ClNO5S/c1-2-40-33(37)28-13-7-15-31(22-28)41(38,39)30-18-16-25(17-19-30)11-8-20-35(23-26-9-4-3-5-10-26)24-32(36)27-12-6-14-29(34)21-27/h3-7,9-10,12-19,21-22,32,36H,2,8,11,20,23-24H2,1H3/t32-/m1/s1. The summed E-state index contributed by atoms with van der Waals surface area (Å²) in [6.45, 7) is 3.81. The minimum absolute atomic E-state index is 0.0469. The van der Waals surface area contributed by atoms with E-state index in [4.69, 9.17) is 16.3 Å². The second-order valence-corrected chi connectivity index (χ2v) is 12.2. The van der Waals surface area contributed by atoms with E-state index >= 15 is 0 Å². The van der Waals surface area contributed by atoms with E-state index < -0.39 is 21.9 Å². The lowest BCUT2D eigenvalue weighted by Crippen LogP contribution is -2.29. The van der Waals surface area contributed by atoms with Crippen molar-refractivity contribution in [2.75, 3.05) is 19.7 Å². The van der Waals surface area contributed by atoms with Gasteiger partial charge in [-0.15, -0.1) is 0 Å². The lowest BCUT2D eigenvalue weighted by atomic mass is 10.1. The fourth-order valence-electron chi connectivity index (χ4n) is 4.62. The number of ether oxygens (including phenoxy) is 1. The molecular formula is C33H34ClNO5S. The maximum atomic E-state index is 13.2. The molecule has 8 heteroatoms. The van der Waals surface area contributed by atoms with Crippen molar-refractivity contribution in [3.8, 4) is 0 Å². The van der Waals surface area contributed by atoms with Crippen molar-refractivity contribution in [2.45, 2.75) is 42.2 Å². The van der Waals surface area contributed by atoms with Gasteiger partial charge in [0.05, 0.1) is 28.1 Å². The highest BCUT2D eigenvalue weighted by Crippen LogP contribution is 2.24. The van der Waals surface area contributed by atoms with Gasteiger partial charge in [-0.05, 0) is 85.5 Å². The molecule has 0 radical (unpaired) electrons. The van der Waals surface area contributed by atoms with Crippen LogP contribution in [0.1, 0.15) is 46.5 Å². The molecule has 4 aromatic carbocycles. The van der Waals surface area contributed by atoms with Crippen LogP contribution in [0, 0.1) is 0 Å². The van der Waals surface area contributed by atoms with Gasteiger partial charge >= 0.3 is 5.97 Å². The lowest BCUT2D eigenvalue weighted by Gasteiger charge is -2.25. The Hall–Kier alpha value is -3.49. The van der Waals surface area contributed by atoms with Crippen molar-refractivity contribution >= 4 is 27.4 Å². The third-order valence-corrected chi connectivity index (χ3v) is 8.74. The molecule has 0 aliphatic carbocycles. The van der Waals surface area contributed by atoms with Gasteiger partial charge in [-0.3, -0.25) is 4.90 Å². The smallest absolute Gasteiger partial charge is 0.338 e. The molecule has 1 atom stereocenters. The van der Waals surface area contributed by atoms with Crippen LogP contribution >= 0.6 is 11.6 Å². The van der Waals surface area contributed by atoms with Crippen LogP contribution in [0.5, 0.6) is 0 Å². The maximum Gasteiger partial charge on any atom is 0.338 e. The van der Waals surface area contributed by atoms with Crippen molar-refractivity contribution in [1.82, 2.24) is 4.90 Å². The molecule has 0 saturated heterocycles. The normalized spacial score (nSPS) is 12.3. The highest BCUT2D eigenvalue weighted by Gasteiger charge is 2.20. The van der Waals surface area contributed by atoms with Gasteiger partial charge in [0.25, 0.3) is 0 Å². The fourth-order valence-corrected chi connectivity index (χ4v) is 6.13. The predicted molar refractivity (Wildman–Crippen MR) is 161 cm³/mol. The van der Waals surface area contributed by atoms with Crippen LogP contribution in [0.25, 0.3) is 0 Å². The summed E-state index contributed by atoms with van der Waals surface area (Å²) in [5, 5.41) is 11.5. The van der Waals surface area contributed by atoms with Crippen LogP contribution in [0.4, 0.5) is 0 Å². The van der Waals surface area contributed by atoms with Gasteiger partial charge in [-0.25, -0.2) is 13.2 Å². The van der Waals surface area contributed by atoms with Gasteiger partial charge < -0.3 is 9.84 Å². The summed E-state index contributed by atoms with van der Waals surface area (Å²) in [5.74, 6) is -0.554. The van der Waals surface area contributed by atoms with Gasteiger partial charge in [-0.2, -0.15) is 0 Å². The zero-order valence-corrected chi connectivity index (χ0v) is 24.5. The fraction of sp³-hybridized carbons (Fsp3) is 0.242. The molecule has 6 nitrogen and oxygen atoms in total. The van der Waals surface area contributed by atoms with E-state index in [1.807, 2.05) is 42.5 Å². The SMILES string of the molecule is CCOC(=O)c1cccc(S(=O)(=O)c2ccc(CCCN(Cc3ccccc3)C[C@@H](O)c3cccc(Cl)c3)cc2)c1. The molecule has 0 aliphatic rings. The predicted octanol–water partition coefficient (Wildman–Crippen LogP) is 6.52. The lowest BCUT2D eigenvalue weighted by molar-refractivity contribution is 0.0526. The molecule has 0 unspecified atom stereocenters. The molecule has 0 aliphatic heterocycles. The quantitative estimate of drug-likeness (QED) is 0.178. The number of esters is 1. The third-order valence-electron chi connectivity index (χ3n) is 6.74. The van der Waals surface area contributed by atoms with Gasteiger partial charge in [0, 0.05) is 18.1 Å². The highest BCUT2D eigenvalue weighted by atomic mass is 35.5. The molecule has 0 amide bonds. The van der Waals surface area contributed by atoms with E-state index in [9.17, 15) is 18.3 Å². The Bertz CT molecular complexity index is 1540. The molecule has 0 spiro atoms. The summed E-state index contributed by atoms with van der Waals surface area (Å²) in [6.07, 6.45) is 0.893. The Morgan fingerprint density at radius 1 is 0.878 bits per heavy atom.